The summed E-state index contributed by atoms with van der Waals surface area (Å²) in [6.45, 7) is 4.05. The van der Waals surface area contributed by atoms with E-state index in [-0.39, 0.29) is 18.5 Å². The largest absolute Gasteiger partial charge is 0.387 e. The molecule has 122 valence electrons. The molecule has 0 aliphatic carbocycles. The number of nitrogens with one attached hydrogen (secondary N) is 2. The molecule has 5 nitrogen and oxygen atoms in total. The molecule has 3 N–H and O–H groups in total. The molecule has 0 bridgehead atoms. The van der Waals surface area contributed by atoms with Crippen LogP contribution >= 0.6 is 11.6 Å². The number of amides is 1. The highest BCUT2D eigenvalue weighted by Crippen LogP contribution is 2.23. The summed E-state index contributed by atoms with van der Waals surface area (Å²) in [7, 11) is 0. The fourth-order valence-electron chi connectivity index (χ4n) is 2.07. The molecule has 1 aromatic carbocycles. The van der Waals surface area contributed by atoms with Crippen LogP contribution in [-0.2, 0) is 0 Å². The molecule has 0 radical (unpaired) electrons. The van der Waals surface area contributed by atoms with Crippen molar-refractivity contribution in [1.29, 1.82) is 0 Å². The zero-order valence-corrected chi connectivity index (χ0v) is 13.8. The highest BCUT2D eigenvalue weighted by molar-refractivity contribution is 6.31. The topological polar surface area (TPSA) is 74.2 Å². The zero-order valence-electron chi connectivity index (χ0n) is 13.1. The molecule has 0 aliphatic heterocycles. The van der Waals surface area contributed by atoms with Crippen LogP contribution in [0, 0.1) is 0 Å². The first kappa shape index (κ1) is 17.2. The summed E-state index contributed by atoms with van der Waals surface area (Å²) < 4.78 is 0. The Hall–Kier alpha value is -2.11. The Bertz CT molecular complexity index is 676. The average Bonchev–Trinajstić information content (AvgIpc) is 2.52. The van der Waals surface area contributed by atoms with Crippen molar-refractivity contribution in [2.24, 2.45) is 0 Å². The monoisotopic (exact) mass is 333 g/mol. The van der Waals surface area contributed by atoms with E-state index in [0.717, 1.165) is 0 Å². The van der Waals surface area contributed by atoms with Gasteiger partial charge in [0, 0.05) is 35.1 Å². The number of benzene rings is 1. The quantitative estimate of drug-likeness (QED) is 0.759. The van der Waals surface area contributed by atoms with E-state index in [0.29, 0.717) is 22.0 Å². The van der Waals surface area contributed by atoms with Crippen LogP contribution in [0.1, 0.15) is 36.0 Å². The Morgan fingerprint density at radius 1 is 1.30 bits per heavy atom. The summed E-state index contributed by atoms with van der Waals surface area (Å²) in [4.78, 5) is 16.0. The highest BCUT2D eigenvalue weighted by atomic mass is 35.5. The van der Waals surface area contributed by atoms with Crippen LogP contribution in [0.5, 0.6) is 0 Å². The Morgan fingerprint density at radius 2 is 2.04 bits per heavy atom. The summed E-state index contributed by atoms with van der Waals surface area (Å²) in [6, 6.07) is 10.6. The van der Waals surface area contributed by atoms with Crippen molar-refractivity contribution in [2.75, 3.05) is 11.9 Å². The predicted molar refractivity (Wildman–Crippen MR) is 91.7 cm³/mol. The number of aliphatic hydroxyl groups is 1. The van der Waals surface area contributed by atoms with Gasteiger partial charge >= 0.3 is 0 Å². The number of aliphatic hydroxyl groups excluding tert-OH is 1. The summed E-state index contributed by atoms with van der Waals surface area (Å²) >= 11 is 6.07. The molecular formula is C17H20ClN3O2. The lowest BCUT2D eigenvalue weighted by molar-refractivity contribution is 0.0938. The Morgan fingerprint density at radius 3 is 2.74 bits per heavy atom. The molecule has 1 heterocycles. The predicted octanol–water partition coefficient (Wildman–Crippen LogP) is 3.02. The van der Waals surface area contributed by atoms with Gasteiger partial charge in [0.15, 0.2) is 0 Å². The standard InChI is InChI=1S/C17H20ClN3O2/c1-11(2)21-17(23)15-9-12(7-8-19-15)20-10-16(22)13-5-3-4-6-14(13)18/h3-9,11,16,22H,10H2,1-2H3,(H,19,20)(H,21,23)/t16-/m0/s1. The van der Waals surface area contributed by atoms with Gasteiger partial charge in [-0.15, -0.1) is 0 Å². The minimum Gasteiger partial charge on any atom is -0.387 e. The molecule has 2 aromatic rings. The number of halogens is 1. The first-order valence-electron chi connectivity index (χ1n) is 7.40. The average molecular weight is 334 g/mol. The number of nitrogens with zero attached hydrogens (tertiary/aromatic N) is 1. The number of anilines is 1. The van der Waals surface area contributed by atoms with Crippen molar-refractivity contribution in [3.8, 4) is 0 Å². The molecule has 1 atom stereocenters. The van der Waals surface area contributed by atoms with Gasteiger partial charge in [-0.1, -0.05) is 29.8 Å². The van der Waals surface area contributed by atoms with Crippen molar-refractivity contribution < 1.29 is 9.90 Å². The van der Waals surface area contributed by atoms with Crippen molar-refractivity contribution in [3.05, 3.63) is 58.9 Å². The van der Waals surface area contributed by atoms with Gasteiger partial charge in [0.1, 0.15) is 5.69 Å². The molecule has 0 spiro atoms. The molecular weight excluding hydrogens is 314 g/mol. The second kappa shape index (κ2) is 7.94. The molecule has 1 amide bonds. The minimum atomic E-state index is -0.746. The number of pyridine rings is 1. The SMILES string of the molecule is CC(C)NC(=O)c1cc(NC[C@H](O)c2ccccc2Cl)ccn1. The van der Waals surface area contributed by atoms with Crippen LogP contribution in [0.2, 0.25) is 5.02 Å². The zero-order chi connectivity index (χ0) is 16.8. The molecule has 0 saturated carbocycles. The lowest BCUT2D eigenvalue weighted by atomic mass is 10.1. The number of carbonyl (C=O) groups excluding carboxylic acids is 1. The van der Waals surface area contributed by atoms with E-state index in [4.69, 9.17) is 11.6 Å². The molecule has 0 saturated heterocycles. The van der Waals surface area contributed by atoms with Crippen LogP contribution in [-0.4, -0.2) is 28.6 Å². The summed E-state index contributed by atoms with van der Waals surface area (Å²) in [5.74, 6) is -0.227. The van der Waals surface area contributed by atoms with Crippen LogP contribution in [0.15, 0.2) is 42.6 Å². The van der Waals surface area contributed by atoms with Crippen molar-refractivity contribution in [1.82, 2.24) is 10.3 Å². The van der Waals surface area contributed by atoms with E-state index in [1.54, 1.807) is 30.5 Å². The second-order valence-electron chi connectivity index (χ2n) is 5.48. The normalized spacial score (nSPS) is 12.0. The van der Waals surface area contributed by atoms with Gasteiger partial charge < -0.3 is 15.7 Å². The van der Waals surface area contributed by atoms with Gasteiger partial charge in [-0.2, -0.15) is 0 Å². The summed E-state index contributed by atoms with van der Waals surface area (Å²) in [5, 5.41) is 16.6. The third-order valence-corrected chi connectivity index (χ3v) is 3.52. The molecule has 6 heteroatoms. The minimum absolute atomic E-state index is 0.0444. The molecule has 1 aromatic heterocycles. The van der Waals surface area contributed by atoms with E-state index >= 15 is 0 Å². The van der Waals surface area contributed by atoms with Crippen LogP contribution in [0.25, 0.3) is 0 Å². The molecule has 0 aliphatic rings. The Balaban J connectivity index is 2.01. The lowest BCUT2D eigenvalue weighted by Crippen LogP contribution is -2.30. The van der Waals surface area contributed by atoms with E-state index in [2.05, 4.69) is 15.6 Å². The smallest absolute Gasteiger partial charge is 0.270 e. The van der Waals surface area contributed by atoms with Gasteiger partial charge in [-0.25, -0.2) is 0 Å². The first-order valence-corrected chi connectivity index (χ1v) is 7.78. The van der Waals surface area contributed by atoms with Crippen molar-refractivity contribution >= 4 is 23.2 Å². The van der Waals surface area contributed by atoms with Gasteiger partial charge in [-0.05, 0) is 32.0 Å². The Labute approximate surface area is 140 Å². The highest BCUT2D eigenvalue weighted by Gasteiger charge is 2.12. The molecule has 0 unspecified atom stereocenters. The molecule has 2 rings (SSSR count). The summed E-state index contributed by atoms with van der Waals surface area (Å²) in [5.41, 5.74) is 1.70. The van der Waals surface area contributed by atoms with E-state index < -0.39 is 6.10 Å². The van der Waals surface area contributed by atoms with Gasteiger partial charge in [0.2, 0.25) is 0 Å². The maximum Gasteiger partial charge on any atom is 0.270 e. The van der Waals surface area contributed by atoms with Crippen LogP contribution in [0.4, 0.5) is 5.69 Å². The second-order valence-corrected chi connectivity index (χ2v) is 5.88. The van der Waals surface area contributed by atoms with Gasteiger partial charge in [-0.3, -0.25) is 9.78 Å². The number of hydrogen-bond donors (Lipinski definition) is 3. The van der Waals surface area contributed by atoms with Crippen molar-refractivity contribution in [3.63, 3.8) is 0 Å². The Kier molecular flexibility index (Phi) is 5.96. The van der Waals surface area contributed by atoms with Gasteiger partial charge in [0.05, 0.1) is 6.10 Å². The third kappa shape index (κ3) is 4.94. The summed E-state index contributed by atoms with van der Waals surface area (Å²) in [6.07, 6.45) is 0.809. The van der Waals surface area contributed by atoms with Crippen LogP contribution in [0.3, 0.4) is 0 Å². The first-order chi connectivity index (χ1) is 11.0. The fraction of sp³-hybridized carbons (Fsp3) is 0.294. The number of carbonyl (C=O) groups is 1. The molecule has 23 heavy (non-hydrogen) atoms. The van der Waals surface area contributed by atoms with Crippen molar-refractivity contribution in [2.45, 2.75) is 26.0 Å². The lowest BCUT2D eigenvalue weighted by Gasteiger charge is -2.15. The maximum absolute atomic E-state index is 11.9. The maximum atomic E-state index is 11.9. The van der Waals surface area contributed by atoms with E-state index in [1.165, 1.54) is 0 Å². The van der Waals surface area contributed by atoms with Gasteiger partial charge in [0.25, 0.3) is 5.91 Å². The number of rotatable bonds is 6. The van der Waals surface area contributed by atoms with E-state index in [9.17, 15) is 9.90 Å². The number of hydrogen-bond acceptors (Lipinski definition) is 4. The fourth-order valence-corrected chi connectivity index (χ4v) is 2.33. The third-order valence-electron chi connectivity index (χ3n) is 3.18. The van der Waals surface area contributed by atoms with E-state index in [1.807, 2.05) is 26.0 Å². The van der Waals surface area contributed by atoms with Crippen LogP contribution < -0.4 is 10.6 Å². The molecule has 0 fully saturated rings. The number of aromatic nitrogens is 1.